The highest BCUT2D eigenvalue weighted by Crippen LogP contribution is 2.44. The number of rotatable bonds is 5. The Morgan fingerprint density at radius 3 is 2.00 bits per heavy atom. The molecule has 13 heavy (non-hydrogen) atoms. The summed E-state index contributed by atoms with van der Waals surface area (Å²) in [5.41, 5.74) is -0.554. The number of hydrogen-bond donors (Lipinski definition) is 2. The summed E-state index contributed by atoms with van der Waals surface area (Å²) in [6.45, 7) is 4.48. The highest BCUT2D eigenvalue weighted by Gasteiger charge is 2.41. The maximum atomic E-state index is 9.61. The van der Waals surface area contributed by atoms with Crippen molar-refractivity contribution in [3.8, 4) is 0 Å². The van der Waals surface area contributed by atoms with E-state index in [-0.39, 0.29) is 0 Å². The van der Waals surface area contributed by atoms with Gasteiger partial charge in [-0.05, 0) is 51.4 Å². The van der Waals surface area contributed by atoms with Crippen LogP contribution in [0.5, 0.6) is 0 Å². The van der Waals surface area contributed by atoms with Gasteiger partial charge in [0, 0.05) is 12.6 Å². The molecule has 2 N–H and O–H groups in total. The maximum Gasteiger partial charge on any atom is 0.0715 e. The molecule has 2 fully saturated rings. The Kier molecular flexibility index (Phi) is 2.37. The topological polar surface area (TPSA) is 32.3 Å². The molecule has 2 rings (SSSR count). The Morgan fingerprint density at radius 2 is 1.69 bits per heavy atom. The van der Waals surface area contributed by atoms with Crippen LogP contribution in [0.4, 0.5) is 0 Å². The third kappa shape index (κ3) is 2.96. The van der Waals surface area contributed by atoms with Gasteiger partial charge in [0.1, 0.15) is 0 Å². The molecular weight excluding hydrogens is 162 g/mol. The highest BCUT2D eigenvalue weighted by atomic mass is 16.3. The zero-order valence-corrected chi connectivity index (χ0v) is 8.71. The minimum atomic E-state index is -0.554. The van der Waals surface area contributed by atoms with Gasteiger partial charge in [-0.15, -0.1) is 0 Å². The second-order valence-electron chi connectivity index (χ2n) is 5.39. The lowest BCUT2D eigenvalue weighted by molar-refractivity contribution is 0.0743. The van der Waals surface area contributed by atoms with Crippen molar-refractivity contribution in [3.05, 3.63) is 0 Å². The van der Waals surface area contributed by atoms with Crippen LogP contribution >= 0.6 is 0 Å². The smallest absolute Gasteiger partial charge is 0.0715 e. The van der Waals surface area contributed by atoms with Crippen molar-refractivity contribution in [2.45, 2.75) is 51.2 Å². The SMILES string of the molecule is CC(C)(O)CNC(C1CC1)C1CC1. The van der Waals surface area contributed by atoms with Crippen LogP contribution in [0, 0.1) is 11.8 Å². The largest absolute Gasteiger partial charge is 0.389 e. The first kappa shape index (κ1) is 9.47. The lowest BCUT2D eigenvalue weighted by Gasteiger charge is -2.24. The lowest BCUT2D eigenvalue weighted by Crippen LogP contribution is -2.42. The first-order valence-electron chi connectivity index (χ1n) is 5.52. The molecule has 0 aliphatic heterocycles. The first-order valence-corrected chi connectivity index (χ1v) is 5.52. The number of hydrogen-bond acceptors (Lipinski definition) is 2. The number of aliphatic hydroxyl groups is 1. The van der Waals surface area contributed by atoms with E-state index in [0.717, 1.165) is 18.4 Å². The second-order valence-corrected chi connectivity index (χ2v) is 5.39. The number of nitrogens with one attached hydrogen (secondary N) is 1. The third-order valence-corrected chi connectivity index (χ3v) is 3.03. The van der Waals surface area contributed by atoms with Crippen molar-refractivity contribution in [2.24, 2.45) is 11.8 Å². The minimum absolute atomic E-state index is 0.554. The summed E-state index contributed by atoms with van der Waals surface area (Å²) in [7, 11) is 0. The molecule has 2 aliphatic carbocycles. The van der Waals surface area contributed by atoms with Gasteiger partial charge in [-0.3, -0.25) is 0 Å². The molecule has 76 valence electrons. The molecule has 0 aromatic rings. The predicted octanol–water partition coefficient (Wildman–Crippen LogP) is 1.54. The van der Waals surface area contributed by atoms with Crippen LogP contribution in [-0.4, -0.2) is 23.3 Å². The van der Waals surface area contributed by atoms with Crippen LogP contribution in [0.25, 0.3) is 0 Å². The molecule has 2 saturated carbocycles. The summed E-state index contributed by atoms with van der Waals surface area (Å²) in [5.74, 6) is 1.85. The van der Waals surface area contributed by atoms with Crippen molar-refractivity contribution in [1.82, 2.24) is 5.32 Å². The van der Waals surface area contributed by atoms with E-state index in [4.69, 9.17) is 0 Å². The minimum Gasteiger partial charge on any atom is -0.389 e. The summed E-state index contributed by atoms with van der Waals surface area (Å²) in [6, 6.07) is 0.714. The quantitative estimate of drug-likeness (QED) is 0.677. The first-order chi connectivity index (χ1) is 6.06. The van der Waals surface area contributed by atoms with E-state index in [1.165, 1.54) is 25.7 Å². The Morgan fingerprint density at radius 1 is 1.23 bits per heavy atom. The standard InChI is InChI=1S/C11H21NO/c1-11(2,13)7-12-10(8-3-4-8)9-5-6-9/h8-10,12-13H,3-7H2,1-2H3. The van der Waals surface area contributed by atoms with E-state index in [2.05, 4.69) is 5.32 Å². The molecule has 2 nitrogen and oxygen atoms in total. The summed E-state index contributed by atoms with van der Waals surface area (Å²) in [4.78, 5) is 0. The van der Waals surface area contributed by atoms with Gasteiger partial charge in [-0.2, -0.15) is 0 Å². The van der Waals surface area contributed by atoms with Crippen LogP contribution in [0.2, 0.25) is 0 Å². The fourth-order valence-corrected chi connectivity index (χ4v) is 2.00. The molecule has 0 spiro atoms. The van der Waals surface area contributed by atoms with Gasteiger partial charge in [0.05, 0.1) is 5.60 Å². The van der Waals surface area contributed by atoms with Gasteiger partial charge < -0.3 is 10.4 Å². The molecule has 0 aromatic carbocycles. The van der Waals surface area contributed by atoms with E-state index in [1.54, 1.807) is 0 Å². The van der Waals surface area contributed by atoms with Gasteiger partial charge >= 0.3 is 0 Å². The van der Waals surface area contributed by atoms with E-state index >= 15 is 0 Å². The summed E-state index contributed by atoms with van der Waals surface area (Å²) >= 11 is 0. The van der Waals surface area contributed by atoms with E-state index in [0.29, 0.717) is 6.04 Å². The molecule has 0 amide bonds. The average molecular weight is 183 g/mol. The monoisotopic (exact) mass is 183 g/mol. The van der Waals surface area contributed by atoms with Crippen molar-refractivity contribution >= 4 is 0 Å². The molecule has 0 aromatic heterocycles. The van der Waals surface area contributed by atoms with E-state index < -0.39 is 5.60 Å². The molecule has 0 unspecified atom stereocenters. The van der Waals surface area contributed by atoms with Crippen LogP contribution in [0.15, 0.2) is 0 Å². The Balaban J connectivity index is 1.76. The fourth-order valence-electron chi connectivity index (χ4n) is 2.00. The van der Waals surface area contributed by atoms with Crippen molar-refractivity contribution < 1.29 is 5.11 Å². The predicted molar refractivity (Wildman–Crippen MR) is 53.5 cm³/mol. The Labute approximate surface area is 80.7 Å². The van der Waals surface area contributed by atoms with Crippen LogP contribution in [0.1, 0.15) is 39.5 Å². The van der Waals surface area contributed by atoms with Crippen molar-refractivity contribution in [1.29, 1.82) is 0 Å². The lowest BCUT2D eigenvalue weighted by atomic mass is 10.1. The van der Waals surface area contributed by atoms with E-state index in [1.807, 2.05) is 13.8 Å². The molecule has 2 aliphatic rings. The zero-order chi connectivity index (χ0) is 9.47. The normalized spacial score (nSPS) is 24.0. The van der Waals surface area contributed by atoms with Crippen molar-refractivity contribution in [3.63, 3.8) is 0 Å². The average Bonchev–Trinajstić information content (AvgIpc) is 2.80. The van der Waals surface area contributed by atoms with Crippen LogP contribution in [-0.2, 0) is 0 Å². The molecule has 0 bridgehead atoms. The fraction of sp³-hybridized carbons (Fsp3) is 1.00. The molecule has 0 heterocycles. The maximum absolute atomic E-state index is 9.61. The van der Waals surface area contributed by atoms with Crippen LogP contribution in [0.3, 0.4) is 0 Å². The highest BCUT2D eigenvalue weighted by molar-refractivity contribution is 4.96. The summed E-state index contributed by atoms with van der Waals surface area (Å²) < 4.78 is 0. The zero-order valence-electron chi connectivity index (χ0n) is 8.71. The molecule has 2 heteroatoms. The van der Waals surface area contributed by atoms with Gasteiger partial charge in [-0.1, -0.05) is 0 Å². The molecule has 0 saturated heterocycles. The Hall–Kier alpha value is -0.0800. The Bertz CT molecular complexity index is 165. The van der Waals surface area contributed by atoms with Gasteiger partial charge in [-0.25, -0.2) is 0 Å². The molecule has 0 atom stereocenters. The summed E-state index contributed by atoms with van der Waals surface area (Å²) in [5, 5.41) is 13.1. The summed E-state index contributed by atoms with van der Waals surface area (Å²) in [6.07, 6.45) is 5.61. The van der Waals surface area contributed by atoms with Crippen LogP contribution < -0.4 is 5.32 Å². The van der Waals surface area contributed by atoms with Gasteiger partial charge in [0.25, 0.3) is 0 Å². The second kappa shape index (κ2) is 3.25. The van der Waals surface area contributed by atoms with Gasteiger partial charge in [0.2, 0.25) is 0 Å². The van der Waals surface area contributed by atoms with Gasteiger partial charge in [0.15, 0.2) is 0 Å². The third-order valence-electron chi connectivity index (χ3n) is 3.03. The van der Waals surface area contributed by atoms with Crippen molar-refractivity contribution in [2.75, 3.05) is 6.54 Å². The molecule has 0 radical (unpaired) electrons. The van der Waals surface area contributed by atoms with E-state index in [9.17, 15) is 5.11 Å². The molecular formula is C11H21NO.